The van der Waals surface area contributed by atoms with Crippen LogP contribution in [0.4, 0.5) is 13.9 Å². The highest BCUT2D eigenvalue weighted by Crippen LogP contribution is 2.32. The lowest BCUT2D eigenvalue weighted by Crippen LogP contribution is -2.34. The molecule has 0 spiro atoms. The van der Waals surface area contributed by atoms with E-state index in [-0.39, 0.29) is 50.5 Å². The highest BCUT2D eigenvalue weighted by molar-refractivity contribution is 7.91. The van der Waals surface area contributed by atoms with Gasteiger partial charge in [0.2, 0.25) is 0 Å². The normalized spacial score (nSPS) is 11.6. The first-order valence-corrected chi connectivity index (χ1v) is 12.1. The molecule has 1 heterocycles. The number of nitrogens with zero attached hydrogens (tertiary/aromatic N) is 3. The van der Waals surface area contributed by atoms with E-state index in [2.05, 4.69) is 4.98 Å². The van der Waals surface area contributed by atoms with Crippen LogP contribution in [0.1, 0.15) is 23.7 Å². The third-order valence-corrected chi connectivity index (χ3v) is 7.51. The second-order valence-corrected chi connectivity index (χ2v) is 10.5. The zero-order valence-electron chi connectivity index (χ0n) is 17.8. The standard InChI is InChI=1S/C21H23F2N3O3S2.ClH/c1-4-31(28,29)18-9-6-5-8-15(18)20(27)26(11-7-10-25(2)3)21-24-19-16(23)12-14(22)13-17(19)30-21;/h5-6,8-9,12-13H,4,7,10-11H2,1-3H3;1H. The molecular weight excluding hydrogens is 480 g/mol. The number of fused-ring (bicyclic) bond motifs is 1. The zero-order chi connectivity index (χ0) is 22.8. The maximum absolute atomic E-state index is 14.2. The predicted molar refractivity (Wildman–Crippen MR) is 126 cm³/mol. The van der Waals surface area contributed by atoms with Crippen LogP contribution in [0.25, 0.3) is 10.2 Å². The Balaban J connectivity index is 0.00000363. The van der Waals surface area contributed by atoms with Gasteiger partial charge in [0.1, 0.15) is 11.3 Å². The van der Waals surface area contributed by atoms with E-state index in [4.69, 9.17) is 0 Å². The van der Waals surface area contributed by atoms with Gasteiger partial charge in [-0.25, -0.2) is 22.2 Å². The Kier molecular flexibility index (Phi) is 8.69. The van der Waals surface area contributed by atoms with E-state index in [9.17, 15) is 22.0 Å². The fourth-order valence-corrected chi connectivity index (χ4v) is 5.22. The summed E-state index contributed by atoms with van der Waals surface area (Å²) in [6.45, 7) is 2.42. The Hall–Kier alpha value is -2.14. The number of carbonyl (C=O) groups excluding carboxylic acids is 1. The molecule has 0 bridgehead atoms. The summed E-state index contributed by atoms with van der Waals surface area (Å²) in [6, 6.07) is 7.92. The maximum Gasteiger partial charge on any atom is 0.261 e. The number of amides is 1. The molecule has 1 aromatic heterocycles. The van der Waals surface area contributed by atoms with Crippen molar-refractivity contribution in [1.82, 2.24) is 9.88 Å². The first-order chi connectivity index (χ1) is 14.6. The highest BCUT2D eigenvalue weighted by Gasteiger charge is 2.27. The van der Waals surface area contributed by atoms with Gasteiger partial charge in [0, 0.05) is 12.6 Å². The summed E-state index contributed by atoms with van der Waals surface area (Å²) >= 11 is 0.986. The lowest BCUT2D eigenvalue weighted by Gasteiger charge is -2.22. The fourth-order valence-electron chi connectivity index (χ4n) is 3.11. The van der Waals surface area contributed by atoms with Gasteiger partial charge in [0.05, 0.1) is 20.9 Å². The van der Waals surface area contributed by atoms with E-state index in [1.54, 1.807) is 12.1 Å². The molecule has 6 nitrogen and oxygen atoms in total. The molecule has 0 atom stereocenters. The number of sulfone groups is 1. The summed E-state index contributed by atoms with van der Waals surface area (Å²) < 4.78 is 53.1. The quantitative estimate of drug-likeness (QED) is 0.456. The minimum Gasteiger partial charge on any atom is -0.309 e. The molecule has 2 aromatic carbocycles. The van der Waals surface area contributed by atoms with E-state index >= 15 is 0 Å². The van der Waals surface area contributed by atoms with Gasteiger partial charge in [0.25, 0.3) is 5.91 Å². The molecule has 0 aliphatic heterocycles. The number of anilines is 1. The van der Waals surface area contributed by atoms with Crippen molar-refractivity contribution in [3.8, 4) is 0 Å². The lowest BCUT2D eigenvalue weighted by atomic mass is 10.2. The van der Waals surface area contributed by atoms with Crippen LogP contribution in [0, 0.1) is 11.6 Å². The van der Waals surface area contributed by atoms with Crippen molar-refractivity contribution >= 4 is 54.8 Å². The van der Waals surface area contributed by atoms with Crippen molar-refractivity contribution in [2.45, 2.75) is 18.2 Å². The van der Waals surface area contributed by atoms with E-state index in [0.717, 1.165) is 23.5 Å². The third-order valence-electron chi connectivity index (χ3n) is 4.70. The van der Waals surface area contributed by atoms with Gasteiger partial charge in [-0.1, -0.05) is 30.4 Å². The Morgan fingerprint density at radius 1 is 1.12 bits per heavy atom. The van der Waals surface area contributed by atoms with Crippen molar-refractivity contribution in [3.63, 3.8) is 0 Å². The molecule has 0 saturated carbocycles. The predicted octanol–water partition coefficient (Wildman–Crippen LogP) is 4.39. The molecule has 11 heteroatoms. The van der Waals surface area contributed by atoms with Gasteiger partial charge in [-0.15, -0.1) is 12.4 Å². The molecular formula is C21H24ClF2N3O3S2. The van der Waals surface area contributed by atoms with Gasteiger partial charge in [-0.2, -0.15) is 0 Å². The minimum atomic E-state index is -3.64. The molecule has 0 N–H and O–H groups in total. The average Bonchev–Trinajstić information content (AvgIpc) is 3.14. The summed E-state index contributed by atoms with van der Waals surface area (Å²) in [5, 5.41) is 0.187. The SMILES string of the molecule is CCS(=O)(=O)c1ccccc1C(=O)N(CCCN(C)C)c1nc2c(F)cc(F)cc2s1.Cl. The number of thiazole rings is 1. The number of benzene rings is 2. The van der Waals surface area contributed by atoms with Gasteiger partial charge in [-0.05, 0) is 45.3 Å². The van der Waals surface area contributed by atoms with E-state index in [0.29, 0.717) is 13.0 Å². The number of hydrogen-bond donors (Lipinski definition) is 0. The fraction of sp³-hybridized carbons (Fsp3) is 0.333. The van der Waals surface area contributed by atoms with Gasteiger partial charge in [-0.3, -0.25) is 9.69 Å². The van der Waals surface area contributed by atoms with Gasteiger partial charge in [0.15, 0.2) is 20.8 Å². The largest absolute Gasteiger partial charge is 0.309 e. The van der Waals surface area contributed by atoms with Gasteiger partial charge < -0.3 is 4.90 Å². The Morgan fingerprint density at radius 2 is 1.81 bits per heavy atom. The molecule has 3 aromatic rings. The van der Waals surface area contributed by atoms with Crippen LogP contribution in [0.2, 0.25) is 0 Å². The minimum absolute atomic E-state index is 0. The summed E-state index contributed by atoms with van der Waals surface area (Å²) in [4.78, 5) is 20.9. The first-order valence-electron chi connectivity index (χ1n) is 9.68. The van der Waals surface area contributed by atoms with Crippen LogP contribution in [-0.4, -0.2) is 57.1 Å². The first kappa shape index (κ1) is 26.1. The molecule has 0 unspecified atom stereocenters. The number of aromatic nitrogens is 1. The lowest BCUT2D eigenvalue weighted by molar-refractivity contribution is 0.0983. The van der Waals surface area contributed by atoms with Crippen molar-refractivity contribution in [1.29, 1.82) is 0 Å². The molecule has 174 valence electrons. The summed E-state index contributed by atoms with van der Waals surface area (Å²) in [5.74, 6) is -2.24. The van der Waals surface area contributed by atoms with Crippen LogP contribution in [0.3, 0.4) is 0 Å². The van der Waals surface area contributed by atoms with Crippen molar-refractivity contribution < 1.29 is 22.0 Å². The zero-order valence-corrected chi connectivity index (χ0v) is 20.3. The molecule has 0 aliphatic rings. The van der Waals surface area contributed by atoms with Crippen molar-refractivity contribution in [2.75, 3.05) is 37.8 Å². The summed E-state index contributed by atoms with van der Waals surface area (Å²) in [5.41, 5.74) is 0.00128. The molecule has 32 heavy (non-hydrogen) atoms. The van der Waals surface area contributed by atoms with Crippen LogP contribution in [0.15, 0.2) is 41.3 Å². The molecule has 0 radical (unpaired) electrons. The number of rotatable bonds is 8. The second-order valence-electron chi connectivity index (χ2n) is 7.24. The second kappa shape index (κ2) is 10.7. The van der Waals surface area contributed by atoms with Crippen LogP contribution >= 0.6 is 23.7 Å². The topological polar surface area (TPSA) is 70.6 Å². The molecule has 0 aliphatic carbocycles. The highest BCUT2D eigenvalue weighted by atomic mass is 35.5. The summed E-state index contributed by atoms with van der Waals surface area (Å²) in [6.07, 6.45) is 0.578. The van der Waals surface area contributed by atoms with E-state index < -0.39 is 27.4 Å². The van der Waals surface area contributed by atoms with Gasteiger partial charge >= 0.3 is 0 Å². The van der Waals surface area contributed by atoms with Crippen LogP contribution < -0.4 is 4.90 Å². The number of hydrogen-bond acceptors (Lipinski definition) is 6. The average molecular weight is 504 g/mol. The third kappa shape index (κ3) is 5.61. The van der Waals surface area contributed by atoms with Crippen LogP contribution in [-0.2, 0) is 9.84 Å². The smallest absolute Gasteiger partial charge is 0.261 e. The molecule has 0 saturated heterocycles. The molecule has 0 fully saturated rings. The van der Waals surface area contributed by atoms with Crippen molar-refractivity contribution in [3.05, 3.63) is 53.6 Å². The monoisotopic (exact) mass is 503 g/mol. The number of halogens is 3. The summed E-state index contributed by atoms with van der Waals surface area (Å²) in [7, 11) is 0.145. The molecule has 1 amide bonds. The number of carbonyl (C=O) groups is 1. The molecule has 3 rings (SSSR count). The maximum atomic E-state index is 14.2. The van der Waals surface area contributed by atoms with E-state index in [1.807, 2.05) is 19.0 Å². The Morgan fingerprint density at radius 3 is 2.47 bits per heavy atom. The Labute approximate surface area is 196 Å². The van der Waals surface area contributed by atoms with Crippen molar-refractivity contribution in [2.24, 2.45) is 0 Å². The van der Waals surface area contributed by atoms with Crippen LogP contribution in [0.5, 0.6) is 0 Å². The Bertz CT molecular complexity index is 1220. The van der Waals surface area contributed by atoms with E-state index in [1.165, 1.54) is 24.0 Å².